The number of anilines is 1. The van der Waals surface area contributed by atoms with E-state index in [0.29, 0.717) is 17.2 Å². The Morgan fingerprint density at radius 2 is 1.80 bits per heavy atom. The number of carbonyl (C=O) groups excluding carboxylic acids is 2. The van der Waals surface area contributed by atoms with Gasteiger partial charge in [0.25, 0.3) is 5.91 Å². The van der Waals surface area contributed by atoms with Crippen LogP contribution in [0.2, 0.25) is 0 Å². The summed E-state index contributed by atoms with van der Waals surface area (Å²) in [6, 6.07) is 14.7. The van der Waals surface area contributed by atoms with Crippen LogP contribution in [-0.2, 0) is 10.2 Å². The highest BCUT2D eigenvalue weighted by Gasteiger charge is 2.22. The number of aryl methyl sites for hydroxylation is 1. The number of benzene rings is 1. The van der Waals surface area contributed by atoms with Crippen LogP contribution in [0.5, 0.6) is 0 Å². The van der Waals surface area contributed by atoms with Crippen molar-refractivity contribution in [2.75, 3.05) is 11.9 Å². The minimum absolute atomic E-state index is 0.149. The van der Waals surface area contributed by atoms with Crippen LogP contribution in [0.1, 0.15) is 48.8 Å². The van der Waals surface area contributed by atoms with Crippen LogP contribution in [-0.4, -0.2) is 33.1 Å². The lowest BCUT2D eigenvalue weighted by Gasteiger charge is -2.13. The maximum atomic E-state index is 12.5. The normalized spacial score (nSPS) is 11.2. The van der Waals surface area contributed by atoms with E-state index in [0.717, 1.165) is 11.3 Å². The molecule has 156 valence electrons. The Bertz CT molecular complexity index is 1040. The number of hydrogen-bond donors (Lipinski definition) is 2. The highest BCUT2D eigenvalue weighted by Crippen LogP contribution is 2.25. The quantitative estimate of drug-likeness (QED) is 0.655. The average Bonchev–Trinajstić information content (AvgIpc) is 3.13. The van der Waals surface area contributed by atoms with E-state index in [9.17, 15) is 9.59 Å². The lowest BCUT2D eigenvalue weighted by Crippen LogP contribution is -2.28. The number of amides is 2. The first-order chi connectivity index (χ1) is 14.3. The van der Waals surface area contributed by atoms with E-state index in [-0.39, 0.29) is 30.2 Å². The number of nitrogens with one attached hydrogen (secondary N) is 2. The highest BCUT2D eigenvalue weighted by molar-refractivity contribution is 5.96. The van der Waals surface area contributed by atoms with Gasteiger partial charge in [0.15, 0.2) is 5.82 Å². The van der Waals surface area contributed by atoms with Gasteiger partial charge >= 0.3 is 0 Å². The molecule has 3 rings (SSSR count). The molecule has 0 fully saturated rings. The van der Waals surface area contributed by atoms with Gasteiger partial charge in [-0.05, 0) is 30.7 Å². The molecular formula is C23H27N5O2. The average molecular weight is 406 g/mol. The van der Waals surface area contributed by atoms with E-state index >= 15 is 0 Å². The molecule has 30 heavy (non-hydrogen) atoms. The molecule has 0 aliphatic carbocycles. The molecule has 0 bridgehead atoms. The van der Waals surface area contributed by atoms with Crippen molar-refractivity contribution in [3.05, 3.63) is 71.5 Å². The lowest BCUT2D eigenvalue weighted by molar-refractivity contribution is -0.116. The Kier molecular flexibility index (Phi) is 6.30. The minimum Gasteiger partial charge on any atom is -0.352 e. The van der Waals surface area contributed by atoms with Crippen LogP contribution < -0.4 is 10.6 Å². The van der Waals surface area contributed by atoms with E-state index in [1.807, 2.05) is 49.4 Å². The topological polar surface area (TPSA) is 88.9 Å². The third-order valence-corrected chi connectivity index (χ3v) is 4.64. The lowest BCUT2D eigenvalue weighted by atomic mass is 9.92. The fourth-order valence-electron chi connectivity index (χ4n) is 2.91. The molecule has 0 saturated heterocycles. The monoisotopic (exact) mass is 405 g/mol. The maximum absolute atomic E-state index is 12.5. The van der Waals surface area contributed by atoms with Crippen molar-refractivity contribution in [3.8, 4) is 5.82 Å². The third kappa shape index (κ3) is 5.11. The zero-order valence-electron chi connectivity index (χ0n) is 17.8. The van der Waals surface area contributed by atoms with Crippen LogP contribution in [0.15, 0.2) is 54.7 Å². The van der Waals surface area contributed by atoms with Crippen molar-refractivity contribution < 1.29 is 9.59 Å². The standard InChI is InChI=1S/C23H27N5O2/c1-16-9-5-6-10-17(16)22(30)25-14-12-21(29)26-20-15-18(23(2,3)4)27-28(20)19-11-7-8-13-24-19/h5-11,13,15H,12,14H2,1-4H3,(H,25,30)(H,26,29). The summed E-state index contributed by atoms with van der Waals surface area (Å²) in [6.07, 6.45) is 1.83. The molecule has 3 aromatic rings. The van der Waals surface area contributed by atoms with Crippen molar-refractivity contribution in [1.29, 1.82) is 0 Å². The predicted molar refractivity (Wildman–Crippen MR) is 117 cm³/mol. The molecule has 2 aromatic heterocycles. The van der Waals surface area contributed by atoms with Gasteiger partial charge in [-0.25, -0.2) is 4.98 Å². The smallest absolute Gasteiger partial charge is 0.251 e. The second kappa shape index (κ2) is 8.90. The van der Waals surface area contributed by atoms with Crippen LogP contribution in [0.25, 0.3) is 5.82 Å². The molecule has 0 atom stereocenters. The molecule has 0 saturated carbocycles. The van der Waals surface area contributed by atoms with Gasteiger partial charge in [0.1, 0.15) is 5.82 Å². The van der Waals surface area contributed by atoms with Gasteiger partial charge < -0.3 is 10.6 Å². The third-order valence-electron chi connectivity index (χ3n) is 4.64. The second-order valence-corrected chi connectivity index (χ2v) is 8.13. The number of hydrogen-bond acceptors (Lipinski definition) is 4. The summed E-state index contributed by atoms with van der Waals surface area (Å²) < 4.78 is 1.63. The Morgan fingerprint density at radius 1 is 1.07 bits per heavy atom. The SMILES string of the molecule is Cc1ccccc1C(=O)NCCC(=O)Nc1cc(C(C)(C)C)nn1-c1ccccn1. The predicted octanol–water partition coefficient (Wildman–Crippen LogP) is 3.63. The minimum atomic E-state index is -0.211. The van der Waals surface area contributed by atoms with Crippen LogP contribution in [0.4, 0.5) is 5.82 Å². The van der Waals surface area contributed by atoms with E-state index in [1.165, 1.54) is 0 Å². The zero-order valence-corrected chi connectivity index (χ0v) is 17.8. The maximum Gasteiger partial charge on any atom is 0.251 e. The second-order valence-electron chi connectivity index (χ2n) is 8.13. The first kappa shape index (κ1) is 21.2. The van der Waals surface area contributed by atoms with Gasteiger partial charge in [-0.2, -0.15) is 9.78 Å². The van der Waals surface area contributed by atoms with Crippen LogP contribution in [0, 0.1) is 6.92 Å². The van der Waals surface area contributed by atoms with Gasteiger partial charge in [-0.3, -0.25) is 9.59 Å². The molecule has 2 amide bonds. The summed E-state index contributed by atoms with van der Waals surface area (Å²) >= 11 is 0. The molecule has 0 unspecified atom stereocenters. The summed E-state index contributed by atoms with van der Waals surface area (Å²) in [7, 11) is 0. The van der Waals surface area contributed by atoms with Gasteiger partial charge in [0.2, 0.25) is 5.91 Å². The van der Waals surface area contributed by atoms with Crippen molar-refractivity contribution in [2.45, 2.75) is 39.5 Å². The summed E-state index contributed by atoms with van der Waals surface area (Å²) in [6.45, 7) is 8.30. The van der Waals surface area contributed by atoms with Gasteiger partial charge in [0.05, 0.1) is 5.69 Å². The van der Waals surface area contributed by atoms with Crippen molar-refractivity contribution in [2.24, 2.45) is 0 Å². The van der Waals surface area contributed by atoms with Crippen LogP contribution >= 0.6 is 0 Å². The van der Waals surface area contributed by atoms with Crippen molar-refractivity contribution >= 4 is 17.6 Å². The van der Waals surface area contributed by atoms with Crippen molar-refractivity contribution in [1.82, 2.24) is 20.1 Å². The molecule has 7 heteroatoms. The fraction of sp³-hybridized carbons (Fsp3) is 0.304. The first-order valence-corrected chi connectivity index (χ1v) is 9.91. The van der Waals surface area contributed by atoms with Crippen LogP contribution in [0.3, 0.4) is 0 Å². The highest BCUT2D eigenvalue weighted by atomic mass is 16.2. The number of nitrogens with zero attached hydrogens (tertiary/aromatic N) is 3. The summed E-state index contributed by atoms with van der Waals surface area (Å²) in [5.74, 6) is 0.775. The molecular weight excluding hydrogens is 378 g/mol. The Hall–Kier alpha value is -3.48. The Morgan fingerprint density at radius 3 is 2.47 bits per heavy atom. The summed E-state index contributed by atoms with van der Waals surface area (Å²) in [4.78, 5) is 29.1. The number of rotatable bonds is 6. The number of pyridine rings is 1. The molecule has 2 heterocycles. The number of carbonyl (C=O) groups is 2. The zero-order chi connectivity index (χ0) is 21.7. The fourth-order valence-corrected chi connectivity index (χ4v) is 2.91. The van der Waals surface area contributed by atoms with E-state index in [4.69, 9.17) is 0 Å². The largest absolute Gasteiger partial charge is 0.352 e. The van der Waals surface area contributed by atoms with E-state index < -0.39 is 0 Å². The molecule has 2 N–H and O–H groups in total. The first-order valence-electron chi connectivity index (χ1n) is 9.91. The number of aromatic nitrogens is 3. The molecule has 0 radical (unpaired) electrons. The molecule has 1 aromatic carbocycles. The van der Waals surface area contributed by atoms with Gasteiger partial charge in [-0.1, -0.05) is 45.0 Å². The Labute approximate surface area is 176 Å². The molecule has 0 spiro atoms. The van der Waals surface area contributed by atoms with E-state index in [1.54, 1.807) is 16.9 Å². The molecule has 7 nitrogen and oxygen atoms in total. The van der Waals surface area contributed by atoms with Crippen molar-refractivity contribution in [3.63, 3.8) is 0 Å². The van der Waals surface area contributed by atoms with E-state index in [2.05, 4.69) is 41.5 Å². The van der Waals surface area contributed by atoms with Gasteiger partial charge in [-0.15, -0.1) is 0 Å². The molecule has 0 aliphatic heterocycles. The van der Waals surface area contributed by atoms with Gasteiger partial charge in [0, 0.05) is 36.2 Å². The summed E-state index contributed by atoms with van der Waals surface area (Å²) in [5.41, 5.74) is 2.17. The summed E-state index contributed by atoms with van der Waals surface area (Å²) in [5, 5.41) is 10.3. The Balaban J connectivity index is 1.67. The molecule has 0 aliphatic rings.